The summed E-state index contributed by atoms with van der Waals surface area (Å²) in [6.45, 7) is 1.95. The minimum Gasteiger partial charge on any atom is -0.478 e. The topological polar surface area (TPSA) is 100 Å². The maximum atomic E-state index is 11.4. The van der Waals surface area contributed by atoms with Gasteiger partial charge in [-0.05, 0) is 48.9 Å². The number of carboxylic acids is 2. The third-order valence-electron chi connectivity index (χ3n) is 4.59. The Hall–Kier alpha value is -4.06. The molecule has 4 rings (SSSR count). The van der Waals surface area contributed by atoms with Gasteiger partial charge in [-0.25, -0.2) is 19.6 Å². The molecule has 0 unspecified atom stereocenters. The Kier molecular flexibility index (Phi) is 4.52. The van der Waals surface area contributed by atoms with Gasteiger partial charge in [0.25, 0.3) is 0 Å². The molecule has 29 heavy (non-hydrogen) atoms. The van der Waals surface area contributed by atoms with Crippen LogP contribution in [0.5, 0.6) is 0 Å². The van der Waals surface area contributed by atoms with E-state index in [1.54, 1.807) is 30.3 Å². The van der Waals surface area contributed by atoms with Gasteiger partial charge < -0.3 is 10.2 Å². The molecule has 0 spiro atoms. The normalized spacial score (nSPS) is 10.8. The lowest BCUT2D eigenvalue weighted by Gasteiger charge is -2.12. The molecule has 2 N–H and O–H groups in total. The van der Waals surface area contributed by atoms with Gasteiger partial charge in [-0.2, -0.15) is 0 Å². The molecule has 4 aromatic rings. The third kappa shape index (κ3) is 3.55. The van der Waals surface area contributed by atoms with Crippen molar-refractivity contribution in [1.29, 1.82) is 0 Å². The van der Waals surface area contributed by atoms with Crippen molar-refractivity contribution in [3.63, 3.8) is 0 Å². The number of hydrogen-bond acceptors (Lipinski definition) is 4. The highest BCUT2D eigenvalue weighted by atomic mass is 16.4. The number of nitrogens with zero attached hydrogens (tertiary/aromatic N) is 2. The van der Waals surface area contributed by atoms with Gasteiger partial charge in [0.15, 0.2) is 0 Å². The number of fused-ring (bicyclic) bond motifs is 1. The molecule has 0 atom stereocenters. The lowest BCUT2D eigenvalue weighted by molar-refractivity contribution is 0.0686. The first-order chi connectivity index (χ1) is 13.9. The zero-order valence-corrected chi connectivity index (χ0v) is 15.5. The zero-order chi connectivity index (χ0) is 20.5. The highest BCUT2D eigenvalue weighted by Gasteiger charge is 2.16. The molecule has 0 fully saturated rings. The van der Waals surface area contributed by atoms with E-state index < -0.39 is 11.9 Å². The predicted molar refractivity (Wildman–Crippen MR) is 109 cm³/mol. The fraction of sp³-hybridized carbons (Fsp3) is 0.0435. The lowest BCUT2D eigenvalue weighted by Crippen LogP contribution is -2.00. The summed E-state index contributed by atoms with van der Waals surface area (Å²) >= 11 is 0. The molecule has 142 valence electrons. The van der Waals surface area contributed by atoms with E-state index in [2.05, 4.69) is 0 Å². The first-order valence-corrected chi connectivity index (χ1v) is 8.88. The second-order valence-electron chi connectivity index (χ2n) is 6.68. The minimum atomic E-state index is -1.04. The molecule has 0 radical (unpaired) electrons. The zero-order valence-electron chi connectivity index (χ0n) is 15.5. The fourth-order valence-corrected chi connectivity index (χ4v) is 3.17. The van der Waals surface area contributed by atoms with Crippen LogP contribution in [0.15, 0.2) is 66.7 Å². The Bertz CT molecular complexity index is 1280. The SMILES string of the molecule is Cc1ccc2nc(-c3cccc(C(=O)O)c3)c(-c3cccc(C(=O)O)c3)nc2c1. The van der Waals surface area contributed by atoms with Gasteiger partial charge in [0, 0.05) is 11.1 Å². The molecule has 1 aromatic heterocycles. The van der Waals surface area contributed by atoms with E-state index in [1.807, 2.05) is 25.1 Å². The molecule has 0 bridgehead atoms. The highest BCUT2D eigenvalue weighted by molar-refractivity contribution is 5.93. The molecule has 0 amide bonds. The number of aromatic nitrogens is 2. The van der Waals surface area contributed by atoms with Gasteiger partial charge in [0.2, 0.25) is 0 Å². The number of carboxylic acid groups (broad SMARTS) is 2. The number of aromatic carboxylic acids is 2. The summed E-state index contributed by atoms with van der Waals surface area (Å²) in [5, 5.41) is 18.7. The molecule has 0 aliphatic heterocycles. The third-order valence-corrected chi connectivity index (χ3v) is 4.59. The van der Waals surface area contributed by atoms with Crippen LogP contribution < -0.4 is 0 Å². The van der Waals surface area contributed by atoms with Crippen LogP contribution in [-0.2, 0) is 0 Å². The van der Waals surface area contributed by atoms with Crippen molar-refractivity contribution in [2.24, 2.45) is 0 Å². The first-order valence-electron chi connectivity index (χ1n) is 8.88. The highest BCUT2D eigenvalue weighted by Crippen LogP contribution is 2.32. The summed E-state index contributed by atoms with van der Waals surface area (Å²) in [7, 11) is 0. The van der Waals surface area contributed by atoms with Gasteiger partial charge in [0.05, 0.1) is 33.5 Å². The van der Waals surface area contributed by atoms with Gasteiger partial charge in [-0.1, -0.05) is 30.3 Å². The minimum absolute atomic E-state index is 0.138. The van der Waals surface area contributed by atoms with Crippen LogP contribution in [0.2, 0.25) is 0 Å². The van der Waals surface area contributed by atoms with Crippen LogP contribution in [0, 0.1) is 6.92 Å². The molecular weight excluding hydrogens is 368 g/mol. The van der Waals surface area contributed by atoms with E-state index >= 15 is 0 Å². The Morgan fingerprint density at radius 1 is 0.690 bits per heavy atom. The molecule has 0 aliphatic rings. The number of hydrogen-bond donors (Lipinski definition) is 2. The lowest BCUT2D eigenvalue weighted by atomic mass is 10.0. The molecule has 1 heterocycles. The summed E-state index contributed by atoms with van der Waals surface area (Å²) in [6, 6.07) is 18.6. The number of rotatable bonds is 4. The standard InChI is InChI=1S/C23H16N2O4/c1-13-8-9-18-19(10-13)25-21(15-5-3-7-17(12-15)23(28)29)20(24-18)14-4-2-6-16(11-14)22(26)27/h2-12H,1H3,(H,26,27)(H,28,29). The van der Waals surface area contributed by atoms with Gasteiger partial charge in [0.1, 0.15) is 0 Å². The first kappa shape index (κ1) is 18.3. The van der Waals surface area contributed by atoms with Gasteiger partial charge >= 0.3 is 11.9 Å². The maximum absolute atomic E-state index is 11.4. The summed E-state index contributed by atoms with van der Waals surface area (Å²) in [6.07, 6.45) is 0. The average Bonchev–Trinajstić information content (AvgIpc) is 2.73. The molecule has 0 saturated heterocycles. The molecule has 6 nitrogen and oxygen atoms in total. The van der Waals surface area contributed by atoms with Crippen LogP contribution >= 0.6 is 0 Å². The van der Waals surface area contributed by atoms with Crippen LogP contribution in [0.25, 0.3) is 33.5 Å². The van der Waals surface area contributed by atoms with E-state index in [1.165, 1.54) is 18.2 Å². The molecular formula is C23H16N2O4. The van der Waals surface area contributed by atoms with E-state index in [9.17, 15) is 19.8 Å². The largest absolute Gasteiger partial charge is 0.478 e. The second-order valence-corrected chi connectivity index (χ2v) is 6.68. The van der Waals surface area contributed by atoms with Crippen molar-refractivity contribution in [1.82, 2.24) is 9.97 Å². The average molecular weight is 384 g/mol. The van der Waals surface area contributed by atoms with Gasteiger partial charge in [-0.3, -0.25) is 0 Å². The van der Waals surface area contributed by atoms with Crippen molar-refractivity contribution >= 4 is 23.0 Å². The Morgan fingerprint density at radius 2 is 1.21 bits per heavy atom. The van der Waals surface area contributed by atoms with E-state index in [0.29, 0.717) is 33.5 Å². The number of aryl methyl sites for hydroxylation is 1. The van der Waals surface area contributed by atoms with E-state index in [-0.39, 0.29) is 11.1 Å². The predicted octanol–water partition coefficient (Wildman–Crippen LogP) is 4.67. The van der Waals surface area contributed by atoms with Crippen molar-refractivity contribution in [3.8, 4) is 22.5 Å². The summed E-state index contributed by atoms with van der Waals surface area (Å²) in [4.78, 5) is 32.3. The number of carbonyl (C=O) groups is 2. The Balaban J connectivity index is 2.02. The maximum Gasteiger partial charge on any atom is 0.335 e. The Morgan fingerprint density at radius 3 is 1.72 bits per heavy atom. The Labute approximate surface area is 166 Å². The molecule has 3 aromatic carbocycles. The fourth-order valence-electron chi connectivity index (χ4n) is 3.17. The van der Waals surface area contributed by atoms with Crippen molar-refractivity contribution in [2.75, 3.05) is 0 Å². The molecule has 0 aliphatic carbocycles. The van der Waals surface area contributed by atoms with Gasteiger partial charge in [-0.15, -0.1) is 0 Å². The van der Waals surface area contributed by atoms with E-state index in [4.69, 9.17) is 9.97 Å². The molecule has 0 saturated carbocycles. The van der Waals surface area contributed by atoms with Crippen LogP contribution in [0.4, 0.5) is 0 Å². The summed E-state index contributed by atoms with van der Waals surface area (Å²) < 4.78 is 0. The molecule has 6 heteroatoms. The van der Waals surface area contributed by atoms with Crippen molar-refractivity contribution in [3.05, 3.63) is 83.4 Å². The smallest absolute Gasteiger partial charge is 0.335 e. The van der Waals surface area contributed by atoms with Crippen molar-refractivity contribution < 1.29 is 19.8 Å². The van der Waals surface area contributed by atoms with Crippen LogP contribution in [0.1, 0.15) is 26.3 Å². The second kappa shape index (κ2) is 7.16. The summed E-state index contributed by atoms with van der Waals surface area (Å²) in [5.41, 5.74) is 4.83. The van der Waals surface area contributed by atoms with Crippen molar-refractivity contribution in [2.45, 2.75) is 6.92 Å². The number of benzene rings is 3. The van der Waals surface area contributed by atoms with E-state index in [0.717, 1.165) is 5.56 Å². The quantitative estimate of drug-likeness (QED) is 0.530. The van der Waals surface area contributed by atoms with Crippen LogP contribution in [-0.4, -0.2) is 32.1 Å². The van der Waals surface area contributed by atoms with Crippen LogP contribution in [0.3, 0.4) is 0 Å². The summed E-state index contributed by atoms with van der Waals surface area (Å²) in [5.74, 6) is -2.07. The monoisotopic (exact) mass is 384 g/mol.